The summed E-state index contributed by atoms with van der Waals surface area (Å²) < 4.78 is 15.8. The number of ether oxygens (including phenoxy) is 3. The molecule has 0 spiro atoms. The van der Waals surface area contributed by atoms with Crippen molar-refractivity contribution in [2.24, 2.45) is 0 Å². The van der Waals surface area contributed by atoms with Crippen LogP contribution in [0.25, 0.3) is 0 Å². The Bertz CT molecular complexity index is 1550. The Morgan fingerprint density at radius 2 is 1.60 bits per heavy atom. The van der Waals surface area contributed by atoms with E-state index in [0.717, 1.165) is 16.8 Å². The fraction of sp³-hybridized carbons (Fsp3) is 0.214. The van der Waals surface area contributed by atoms with Gasteiger partial charge in [0.25, 0.3) is 23.4 Å². The summed E-state index contributed by atoms with van der Waals surface area (Å²) in [6.45, 7) is 0. The molecule has 3 N–H and O–H groups in total. The summed E-state index contributed by atoms with van der Waals surface area (Å²) >= 11 is 0.965. The van der Waals surface area contributed by atoms with Gasteiger partial charge in [-0.2, -0.15) is 0 Å². The van der Waals surface area contributed by atoms with Crippen LogP contribution in [0.3, 0.4) is 0 Å². The summed E-state index contributed by atoms with van der Waals surface area (Å²) in [5.74, 6) is -2.13. The summed E-state index contributed by atoms with van der Waals surface area (Å²) in [4.78, 5) is 61.1. The lowest BCUT2D eigenvalue weighted by molar-refractivity contribution is -0.384. The molecule has 2 atom stereocenters. The first kappa shape index (κ1) is 30.6. The Morgan fingerprint density at radius 3 is 2.16 bits per heavy atom. The number of carbonyl (C=O) groups is 4. The van der Waals surface area contributed by atoms with Crippen LogP contribution in [0.5, 0.6) is 17.2 Å². The highest BCUT2D eigenvalue weighted by molar-refractivity contribution is 8.01. The molecule has 0 saturated carbocycles. The van der Waals surface area contributed by atoms with Crippen LogP contribution in [-0.4, -0.2) is 65.3 Å². The molecule has 0 radical (unpaired) electrons. The third kappa shape index (κ3) is 6.78. The average molecular weight is 611 g/mol. The van der Waals surface area contributed by atoms with Gasteiger partial charge in [-0.25, -0.2) is 5.01 Å². The van der Waals surface area contributed by atoms with Gasteiger partial charge in [-0.05, 0) is 42.0 Å². The Labute approximate surface area is 249 Å². The fourth-order valence-corrected chi connectivity index (χ4v) is 5.63. The van der Waals surface area contributed by atoms with Crippen molar-refractivity contribution in [3.8, 4) is 17.2 Å². The lowest BCUT2D eigenvalue weighted by atomic mass is 10.1. The number of aliphatic carboxylic acids is 1. The number of anilines is 1. The number of benzene rings is 3. The van der Waals surface area contributed by atoms with E-state index in [1.165, 1.54) is 75.9 Å². The minimum absolute atomic E-state index is 0.128. The maximum Gasteiger partial charge on any atom is 0.305 e. The highest BCUT2D eigenvalue weighted by Gasteiger charge is 2.43. The number of amides is 3. The summed E-state index contributed by atoms with van der Waals surface area (Å²) in [5, 5.41) is 22.3. The molecule has 15 heteroatoms. The Morgan fingerprint density at radius 1 is 0.953 bits per heavy atom. The maximum atomic E-state index is 13.1. The second-order valence-electron chi connectivity index (χ2n) is 9.02. The van der Waals surface area contributed by atoms with Crippen LogP contribution < -0.4 is 25.0 Å². The van der Waals surface area contributed by atoms with Crippen molar-refractivity contribution in [1.29, 1.82) is 0 Å². The molecule has 1 saturated heterocycles. The normalized spacial score (nSPS) is 15.9. The van der Waals surface area contributed by atoms with Gasteiger partial charge in [-0.15, -0.1) is 11.8 Å². The monoisotopic (exact) mass is 610 g/mol. The minimum Gasteiger partial charge on any atom is -0.493 e. The van der Waals surface area contributed by atoms with Crippen LogP contribution in [-0.2, 0) is 9.59 Å². The number of methoxy groups -OCH3 is 3. The van der Waals surface area contributed by atoms with Crippen molar-refractivity contribution >= 4 is 46.8 Å². The molecule has 3 amide bonds. The molecule has 3 aromatic carbocycles. The smallest absolute Gasteiger partial charge is 0.305 e. The molecule has 1 heterocycles. The molecule has 224 valence electrons. The van der Waals surface area contributed by atoms with E-state index in [0.29, 0.717) is 28.5 Å². The number of hydrogen-bond acceptors (Lipinski definition) is 10. The van der Waals surface area contributed by atoms with Crippen molar-refractivity contribution in [3.05, 3.63) is 87.5 Å². The van der Waals surface area contributed by atoms with Crippen molar-refractivity contribution < 1.29 is 43.4 Å². The Balaban J connectivity index is 1.51. The van der Waals surface area contributed by atoms with Crippen LogP contribution in [0.15, 0.2) is 60.7 Å². The standard InChI is InChI=1S/C28H26N4O10S/c1-40-20-12-17(13-21(41-2)24(20)42-3)25(35)29-18-9-7-15(8-10-18)26(36)30-31-27(37)22(14-23(33)34)43-28(31)16-5-4-6-19(11-16)32(38)39/h4-13,22,28H,14H2,1-3H3,(H,29,35)(H,30,36)(H,33,34). The zero-order chi connectivity index (χ0) is 31.3. The van der Waals surface area contributed by atoms with Crippen LogP contribution in [0.1, 0.15) is 38.1 Å². The van der Waals surface area contributed by atoms with Gasteiger partial charge in [-0.3, -0.25) is 34.7 Å². The number of nitro benzene ring substituents is 1. The SMILES string of the molecule is COc1cc(C(=O)Nc2ccc(C(=O)NN3C(=O)C(CC(=O)O)SC3c3cccc([N+](=O)[O-])c3)cc2)cc(OC)c1OC. The summed E-state index contributed by atoms with van der Waals surface area (Å²) in [6, 6.07) is 14.3. The number of hydrogen-bond donors (Lipinski definition) is 3. The molecular weight excluding hydrogens is 584 g/mol. The predicted octanol–water partition coefficient (Wildman–Crippen LogP) is 3.64. The molecule has 0 aromatic heterocycles. The van der Waals surface area contributed by atoms with E-state index in [1.54, 1.807) is 6.07 Å². The summed E-state index contributed by atoms with van der Waals surface area (Å²) in [7, 11) is 4.29. The van der Waals surface area contributed by atoms with E-state index in [2.05, 4.69) is 10.7 Å². The molecule has 43 heavy (non-hydrogen) atoms. The number of carbonyl (C=O) groups excluding carboxylic acids is 3. The first-order chi connectivity index (χ1) is 20.6. The summed E-state index contributed by atoms with van der Waals surface area (Å²) in [5.41, 5.74) is 3.34. The number of carboxylic acids is 1. The van der Waals surface area contributed by atoms with Crippen LogP contribution >= 0.6 is 11.8 Å². The number of hydrazine groups is 1. The lowest BCUT2D eigenvalue weighted by Gasteiger charge is -2.24. The Hall–Kier alpha value is -5.31. The molecule has 14 nitrogen and oxygen atoms in total. The number of non-ortho nitro benzene ring substituents is 1. The molecular formula is C28H26N4O10S. The van der Waals surface area contributed by atoms with E-state index in [1.807, 2.05) is 0 Å². The van der Waals surface area contributed by atoms with Crippen LogP contribution in [0.4, 0.5) is 11.4 Å². The second kappa shape index (κ2) is 13.1. The fourth-order valence-electron chi connectivity index (χ4n) is 4.27. The third-order valence-corrected chi connectivity index (χ3v) is 7.76. The number of nitrogens with zero attached hydrogens (tertiary/aromatic N) is 2. The average Bonchev–Trinajstić information content (AvgIpc) is 3.30. The van der Waals surface area contributed by atoms with Crippen LogP contribution in [0.2, 0.25) is 0 Å². The predicted molar refractivity (Wildman–Crippen MR) is 154 cm³/mol. The maximum absolute atomic E-state index is 13.1. The van der Waals surface area contributed by atoms with Gasteiger partial charge in [0.15, 0.2) is 11.5 Å². The van der Waals surface area contributed by atoms with Gasteiger partial charge in [0.05, 0.1) is 37.9 Å². The van der Waals surface area contributed by atoms with Crippen LogP contribution in [0, 0.1) is 10.1 Å². The minimum atomic E-state index is -1.21. The van der Waals surface area contributed by atoms with E-state index in [-0.39, 0.29) is 16.8 Å². The number of nitrogens with one attached hydrogen (secondary N) is 2. The molecule has 1 aliphatic heterocycles. The van der Waals surface area contributed by atoms with E-state index in [4.69, 9.17) is 14.2 Å². The van der Waals surface area contributed by atoms with Crippen molar-refractivity contribution in [3.63, 3.8) is 0 Å². The van der Waals surface area contributed by atoms with Gasteiger partial charge < -0.3 is 24.6 Å². The molecule has 2 unspecified atom stereocenters. The zero-order valence-electron chi connectivity index (χ0n) is 23.1. The molecule has 3 aromatic rings. The number of thioether (sulfide) groups is 1. The molecule has 0 bridgehead atoms. The zero-order valence-corrected chi connectivity index (χ0v) is 23.9. The highest BCUT2D eigenvalue weighted by atomic mass is 32.2. The van der Waals surface area contributed by atoms with E-state index < -0.39 is 45.7 Å². The molecule has 0 aliphatic carbocycles. The molecule has 4 rings (SSSR count). The first-order valence-electron chi connectivity index (χ1n) is 12.5. The number of nitro groups is 1. The summed E-state index contributed by atoms with van der Waals surface area (Å²) in [6.07, 6.45) is -0.498. The van der Waals surface area contributed by atoms with Crippen molar-refractivity contribution in [2.75, 3.05) is 26.6 Å². The quantitative estimate of drug-likeness (QED) is 0.213. The third-order valence-electron chi connectivity index (χ3n) is 6.32. The number of carboxylic acid groups (broad SMARTS) is 1. The van der Waals surface area contributed by atoms with Gasteiger partial charge >= 0.3 is 5.97 Å². The van der Waals surface area contributed by atoms with Gasteiger partial charge in [0, 0.05) is 28.9 Å². The van der Waals surface area contributed by atoms with E-state index >= 15 is 0 Å². The van der Waals surface area contributed by atoms with Gasteiger partial charge in [0.1, 0.15) is 5.37 Å². The second-order valence-corrected chi connectivity index (χ2v) is 10.3. The largest absolute Gasteiger partial charge is 0.493 e. The highest BCUT2D eigenvalue weighted by Crippen LogP contribution is 2.44. The van der Waals surface area contributed by atoms with Gasteiger partial charge in [-0.1, -0.05) is 12.1 Å². The van der Waals surface area contributed by atoms with Crippen molar-refractivity contribution in [2.45, 2.75) is 17.0 Å². The van der Waals surface area contributed by atoms with Gasteiger partial charge in [0.2, 0.25) is 5.75 Å². The first-order valence-corrected chi connectivity index (χ1v) is 13.5. The van der Waals surface area contributed by atoms with Crippen molar-refractivity contribution in [1.82, 2.24) is 10.4 Å². The number of rotatable bonds is 11. The molecule has 1 fully saturated rings. The van der Waals surface area contributed by atoms with E-state index in [9.17, 15) is 34.4 Å². The Kier molecular flexibility index (Phi) is 9.35. The lowest BCUT2D eigenvalue weighted by Crippen LogP contribution is -2.46. The molecule has 1 aliphatic rings. The topological polar surface area (TPSA) is 187 Å².